The van der Waals surface area contributed by atoms with Crippen LogP contribution in [0.5, 0.6) is 5.75 Å². The number of ketones is 1. The van der Waals surface area contributed by atoms with Crippen molar-refractivity contribution in [1.82, 2.24) is 0 Å². The molecule has 0 N–H and O–H groups in total. The highest BCUT2D eigenvalue weighted by atomic mass is 35.5. The Hall–Kier alpha value is -1.22. The summed E-state index contributed by atoms with van der Waals surface area (Å²) in [5.74, 6) is 0.704. The Bertz CT molecular complexity index is 669. The van der Waals surface area contributed by atoms with Gasteiger partial charge in [-0.2, -0.15) is 0 Å². The van der Waals surface area contributed by atoms with E-state index in [2.05, 4.69) is 0 Å². The molecule has 0 bridgehead atoms. The van der Waals surface area contributed by atoms with Crippen molar-refractivity contribution in [2.75, 3.05) is 7.11 Å². The number of Topliss-reactive ketones (excluding diaryl/α,β-unsaturated/α-hetero) is 1. The third kappa shape index (κ3) is 4.37. The van der Waals surface area contributed by atoms with Crippen molar-refractivity contribution in [2.45, 2.75) is 12.8 Å². The standard InChI is InChI=1S/C16H13Cl3O2/c1-21-16-5-3-12(17)8-11(16)9-13(20)6-10-2-4-14(18)15(19)7-10/h2-5,7-8H,6,9H2,1H3. The van der Waals surface area contributed by atoms with Crippen molar-refractivity contribution in [2.24, 2.45) is 0 Å². The number of rotatable bonds is 5. The zero-order chi connectivity index (χ0) is 15.4. The fourth-order valence-electron chi connectivity index (χ4n) is 2.04. The molecule has 0 radical (unpaired) electrons. The molecule has 2 aromatic carbocycles. The van der Waals surface area contributed by atoms with Crippen molar-refractivity contribution in [3.8, 4) is 5.75 Å². The van der Waals surface area contributed by atoms with Crippen molar-refractivity contribution >= 4 is 40.6 Å². The summed E-state index contributed by atoms with van der Waals surface area (Å²) in [6, 6.07) is 10.4. The van der Waals surface area contributed by atoms with Crippen LogP contribution in [0.1, 0.15) is 11.1 Å². The first-order valence-corrected chi connectivity index (χ1v) is 7.41. The summed E-state index contributed by atoms with van der Waals surface area (Å²) in [7, 11) is 1.57. The minimum Gasteiger partial charge on any atom is -0.496 e. The molecule has 0 aliphatic heterocycles. The molecule has 5 heteroatoms. The fourth-order valence-corrected chi connectivity index (χ4v) is 2.55. The first-order valence-electron chi connectivity index (χ1n) is 6.27. The Morgan fingerprint density at radius 1 is 1.00 bits per heavy atom. The molecular weight excluding hydrogens is 331 g/mol. The SMILES string of the molecule is COc1ccc(Cl)cc1CC(=O)Cc1ccc(Cl)c(Cl)c1. The molecule has 21 heavy (non-hydrogen) atoms. The van der Waals surface area contributed by atoms with E-state index in [-0.39, 0.29) is 18.6 Å². The molecule has 2 aromatic rings. The smallest absolute Gasteiger partial charge is 0.141 e. The van der Waals surface area contributed by atoms with E-state index in [0.717, 1.165) is 11.1 Å². The topological polar surface area (TPSA) is 26.3 Å². The fraction of sp³-hybridized carbons (Fsp3) is 0.188. The van der Waals surface area contributed by atoms with Gasteiger partial charge in [0.2, 0.25) is 0 Å². The van der Waals surface area contributed by atoms with Crippen LogP contribution in [0.4, 0.5) is 0 Å². The van der Waals surface area contributed by atoms with E-state index in [1.165, 1.54) is 0 Å². The molecule has 2 rings (SSSR count). The molecule has 0 amide bonds. The van der Waals surface area contributed by atoms with Crippen LogP contribution in [-0.2, 0) is 17.6 Å². The van der Waals surface area contributed by atoms with Gasteiger partial charge in [-0.3, -0.25) is 4.79 Å². The monoisotopic (exact) mass is 342 g/mol. The van der Waals surface area contributed by atoms with Gasteiger partial charge in [-0.15, -0.1) is 0 Å². The minimum absolute atomic E-state index is 0.0500. The second kappa shape index (κ2) is 7.17. The van der Waals surface area contributed by atoms with Gasteiger partial charge >= 0.3 is 0 Å². The third-order valence-corrected chi connectivity index (χ3v) is 3.99. The van der Waals surface area contributed by atoms with E-state index in [0.29, 0.717) is 20.8 Å². The van der Waals surface area contributed by atoms with Gasteiger partial charge in [0.15, 0.2) is 0 Å². The zero-order valence-corrected chi connectivity index (χ0v) is 13.6. The van der Waals surface area contributed by atoms with Crippen molar-refractivity contribution in [3.05, 3.63) is 62.6 Å². The van der Waals surface area contributed by atoms with Crippen LogP contribution in [-0.4, -0.2) is 12.9 Å². The van der Waals surface area contributed by atoms with Gasteiger partial charge in [-0.05, 0) is 35.9 Å². The van der Waals surface area contributed by atoms with Gasteiger partial charge in [0.25, 0.3) is 0 Å². The molecule has 0 saturated heterocycles. The lowest BCUT2D eigenvalue weighted by Gasteiger charge is -2.09. The minimum atomic E-state index is 0.0500. The van der Waals surface area contributed by atoms with Gasteiger partial charge in [0.1, 0.15) is 11.5 Å². The molecule has 0 unspecified atom stereocenters. The van der Waals surface area contributed by atoms with Crippen LogP contribution in [0.3, 0.4) is 0 Å². The number of hydrogen-bond acceptors (Lipinski definition) is 2. The van der Waals surface area contributed by atoms with Crippen LogP contribution in [0.2, 0.25) is 15.1 Å². The first kappa shape index (κ1) is 16.2. The lowest BCUT2D eigenvalue weighted by atomic mass is 10.0. The summed E-state index contributed by atoms with van der Waals surface area (Å²) in [6.45, 7) is 0. The van der Waals surface area contributed by atoms with Gasteiger partial charge in [0, 0.05) is 23.4 Å². The van der Waals surface area contributed by atoms with E-state index >= 15 is 0 Å². The molecule has 0 spiro atoms. The molecule has 2 nitrogen and oxygen atoms in total. The lowest BCUT2D eigenvalue weighted by molar-refractivity contribution is -0.117. The number of benzene rings is 2. The van der Waals surface area contributed by atoms with Crippen LogP contribution in [0.25, 0.3) is 0 Å². The Morgan fingerprint density at radius 3 is 2.43 bits per heavy atom. The second-order valence-corrected chi connectivity index (χ2v) is 5.85. The normalized spacial score (nSPS) is 10.5. The highest BCUT2D eigenvalue weighted by Crippen LogP contribution is 2.25. The number of hydrogen-bond donors (Lipinski definition) is 0. The van der Waals surface area contributed by atoms with Gasteiger partial charge in [0.05, 0.1) is 17.2 Å². The Labute approximate surface area is 138 Å². The molecule has 0 heterocycles. The quantitative estimate of drug-likeness (QED) is 0.763. The predicted molar refractivity (Wildman–Crippen MR) is 86.9 cm³/mol. The van der Waals surface area contributed by atoms with Crippen LogP contribution in [0.15, 0.2) is 36.4 Å². The van der Waals surface area contributed by atoms with Crippen LogP contribution >= 0.6 is 34.8 Å². The number of ether oxygens (including phenoxy) is 1. The first-order chi connectivity index (χ1) is 9.99. The Kier molecular flexibility index (Phi) is 5.51. The molecule has 0 fully saturated rings. The van der Waals surface area contributed by atoms with Crippen LogP contribution < -0.4 is 4.74 Å². The number of carbonyl (C=O) groups is 1. The van der Waals surface area contributed by atoms with Crippen molar-refractivity contribution in [3.63, 3.8) is 0 Å². The average Bonchev–Trinajstić information content (AvgIpc) is 2.43. The largest absolute Gasteiger partial charge is 0.496 e. The van der Waals surface area contributed by atoms with E-state index < -0.39 is 0 Å². The van der Waals surface area contributed by atoms with Crippen LogP contribution in [0, 0.1) is 0 Å². The number of carbonyl (C=O) groups excluding carboxylic acids is 1. The van der Waals surface area contributed by atoms with E-state index in [1.807, 2.05) is 0 Å². The van der Waals surface area contributed by atoms with Crippen molar-refractivity contribution < 1.29 is 9.53 Å². The molecule has 110 valence electrons. The Balaban J connectivity index is 2.11. The summed E-state index contributed by atoms with van der Waals surface area (Å²) in [5.41, 5.74) is 1.60. The van der Waals surface area contributed by atoms with Crippen molar-refractivity contribution in [1.29, 1.82) is 0 Å². The second-order valence-electron chi connectivity index (χ2n) is 4.60. The molecule has 0 aromatic heterocycles. The van der Waals surface area contributed by atoms with Gasteiger partial charge < -0.3 is 4.74 Å². The zero-order valence-electron chi connectivity index (χ0n) is 11.3. The molecule has 0 aliphatic rings. The van der Waals surface area contributed by atoms with Gasteiger partial charge in [-0.1, -0.05) is 40.9 Å². The lowest BCUT2D eigenvalue weighted by Crippen LogP contribution is -2.07. The van der Waals surface area contributed by atoms with E-state index in [9.17, 15) is 4.79 Å². The summed E-state index contributed by atoms with van der Waals surface area (Å²) >= 11 is 17.8. The summed E-state index contributed by atoms with van der Waals surface area (Å²) in [5, 5.41) is 1.50. The summed E-state index contributed by atoms with van der Waals surface area (Å²) in [6.07, 6.45) is 0.538. The predicted octanol–water partition coefficient (Wildman–Crippen LogP) is 5.01. The van der Waals surface area contributed by atoms with E-state index in [1.54, 1.807) is 43.5 Å². The Morgan fingerprint density at radius 2 is 1.76 bits per heavy atom. The highest BCUT2D eigenvalue weighted by molar-refractivity contribution is 6.42. The summed E-state index contributed by atoms with van der Waals surface area (Å²) in [4.78, 5) is 12.2. The molecular formula is C16H13Cl3O2. The summed E-state index contributed by atoms with van der Waals surface area (Å²) < 4.78 is 5.24. The average molecular weight is 344 g/mol. The maximum atomic E-state index is 12.2. The number of methoxy groups -OCH3 is 1. The number of halogens is 3. The molecule has 0 atom stereocenters. The molecule has 0 aliphatic carbocycles. The van der Waals surface area contributed by atoms with E-state index in [4.69, 9.17) is 39.5 Å². The third-order valence-electron chi connectivity index (χ3n) is 3.02. The molecule has 0 saturated carbocycles. The maximum Gasteiger partial charge on any atom is 0.141 e. The maximum absolute atomic E-state index is 12.2. The van der Waals surface area contributed by atoms with Gasteiger partial charge in [-0.25, -0.2) is 0 Å². The highest BCUT2D eigenvalue weighted by Gasteiger charge is 2.11.